The number of morpholine rings is 2. The number of nitrogens with one attached hydrogen (secondary N) is 2. The predicted octanol–water partition coefficient (Wildman–Crippen LogP) is 7.86. The second-order valence-electron chi connectivity index (χ2n) is 15.4. The molecule has 2 amide bonds. The number of sulfonamides is 2. The van der Waals surface area contributed by atoms with Crippen molar-refractivity contribution in [3.05, 3.63) is 130 Å². The Balaban J connectivity index is 0.000000191. The fourth-order valence-electron chi connectivity index (χ4n) is 7.72. The molecule has 64 heavy (non-hydrogen) atoms. The number of carbonyl (C=O) groups excluding carboxylic acids is 2. The summed E-state index contributed by atoms with van der Waals surface area (Å²) in [6.45, 7) is 10.00. The van der Waals surface area contributed by atoms with Crippen molar-refractivity contribution in [1.82, 2.24) is 8.61 Å². The molecule has 4 aromatic rings. The fourth-order valence-corrected chi connectivity index (χ4v) is 11.7. The highest BCUT2D eigenvalue weighted by molar-refractivity contribution is 8.00. The molecule has 0 aliphatic carbocycles. The van der Waals surface area contributed by atoms with Crippen molar-refractivity contribution in [2.75, 3.05) is 86.1 Å². The summed E-state index contributed by atoms with van der Waals surface area (Å²) in [4.78, 5) is 30.7. The summed E-state index contributed by atoms with van der Waals surface area (Å²) in [5.74, 6) is -1.10. The molecule has 0 spiro atoms. The Morgan fingerprint density at radius 3 is 1.61 bits per heavy atom. The van der Waals surface area contributed by atoms with E-state index in [1.165, 1.54) is 0 Å². The Labute approximate surface area is 385 Å². The molecular weight excluding hydrogens is 900 g/mol. The van der Waals surface area contributed by atoms with E-state index in [2.05, 4.69) is 20.4 Å². The highest BCUT2D eigenvalue weighted by Gasteiger charge is 2.45. The van der Waals surface area contributed by atoms with Crippen molar-refractivity contribution < 1.29 is 35.9 Å². The number of hydrogen-bond acceptors (Lipinski definition) is 12. The molecule has 0 saturated carbocycles. The van der Waals surface area contributed by atoms with Crippen LogP contribution in [0.25, 0.3) is 9.81 Å². The third kappa shape index (κ3) is 10.2. The monoisotopic (exact) mass is 950 g/mol. The van der Waals surface area contributed by atoms with E-state index in [0.717, 1.165) is 59.0 Å². The van der Waals surface area contributed by atoms with E-state index in [0.29, 0.717) is 71.8 Å². The first kappa shape index (κ1) is 46.9. The minimum Gasteiger partial charge on any atom is -0.378 e. The summed E-state index contributed by atoms with van der Waals surface area (Å²) >= 11 is 12.7. The van der Waals surface area contributed by atoms with Gasteiger partial charge in [0.1, 0.15) is 21.2 Å². The maximum absolute atomic E-state index is 13.3. The SMILES string of the molecule is CCCCN1C(=O)C(Nc2ccc(N3CCOCC3)c(Cl)c2)=C(c2ccccc2)S1(=O)=O.CCCCN1C(=O)C(Nc2ccc(N3CCOCC3)cc2)=C(c2cccc(Cl)c2)S1(=O)=O. The highest BCUT2D eigenvalue weighted by Crippen LogP contribution is 2.39. The van der Waals surface area contributed by atoms with E-state index in [-0.39, 0.29) is 34.3 Å². The molecule has 0 atom stereocenters. The van der Waals surface area contributed by atoms with Gasteiger partial charge in [-0.25, -0.2) is 25.4 Å². The third-order valence-electron chi connectivity index (χ3n) is 11.1. The van der Waals surface area contributed by atoms with Crippen LogP contribution in [0.15, 0.2) is 108 Å². The molecule has 18 heteroatoms. The number of amides is 2. The lowest BCUT2D eigenvalue weighted by Crippen LogP contribution is -2.36. The van der Waals surface area contributed by atoms with Gasteiger partial charge in [0, 0.05) is 61.4 Å². The molecule has 340 valence electrons. The maximum atomic E-state index is 13.3. The van der Waals surface area contributed by atoms with Crippen molar-refractivity contribution in [3.63, 3.8) is 0 Å². The van der Waals surface area contributed by atoms with Gasteiger partial charge >= 0.3 is 0 Å². The normalized spacial score (nSPS) is 18.4. The van der Waals surface area contributed by atoms with Crippen LogP contribution in [0.5, 0.6) is 0 Å². The number of halogens is 2. The smallest absolute Gasteiger partial charge is 0.285 e. The van der Waals surface area contributed by atoms with Crippen LogP contribution in [0.3, 0.4) is 0 Å². The van der Waals surface area contributed by atoms with E-state index in [4.69, 9.17) is 32.7 Å². The van der Waals surface area contributed by atoms with Crippen molar-refractivity contribution in [2.24, 2.45) is 0 Å². The molecule has 8 rings (SSSR count). The number of nitrogens with zero attached hydrogens (tertiary/aromatic N) is 4. The average molecular weight is 952 g/mol. The largest absolute Gasteiger partial charge is 0.378 e. The maximum Gasteiger partial charge on any atom is 0.285 e. The van der Waals surface area contributed by atoms with E-state index in [1.54, 1.807) is 66.7 Å². The molecule has 2 fully saturated rings. The van der Waals surface area contributed by atoms with Gasteiger partial charge in [0.05, 0.1) is 37.1 Å². The van der Waals surface area contributed by atoms with Crippen LogP contribution in [-0.4, -0.2) is 103 Å². The minimum absolute atomic E-state index is 0.00687. The van der Waals surface area contributed by atoms with Gasteiger partial charge in [-0.2, -0.15) is 0 Å². The first-order valence-electron chi connectivity index (χ1n) is 21.4. The van der Waals surface area contributed by atoms with E-state index in [9.17, 15) is 26.4 Å². The Morgan fingerprint density at radius 1 is 0.578 bits per heavy atom. The molecule has 2 saturated heterocycles. The Kier molecular flexibility index (Phi) is 15.2. The standard InChI is InChI=1S/2C23H26ClN3O4S/c1-2-3-11-27-23(28)21(22(32(27,29)30)17-5-4-6-18(24)16-17)25-19-7-9-20(10-8-19)26-12-14-31-15-13-26;1-2-3-11-27-23(28)21(22(32(27,29)30)17-7-5-4-6-8-17)25-18-9-10-20(19(24)16-18)26-12-14-31-15-13-26/h2*4-10,16,25H,2-3,11-15H2,1H3. The van der Waals surface area contributed by atoms with Crippen molar-refractivity contribution in [3.8, 4) is 0 Å². The molecule has 0 unspecified atom stereocenters. The van der Waals surface area contributed by atoms with Gasteiger partial charge in [-0.15, -0.1) is 0 Å². The predicted molar refractivity (Wildman–Crippen MR) is 254 cm³/mol. The van der Waals surface area contributed by atoms with Crippen LogP contribution in [0.2, 0.25) is 10.0 Å². The average Bonchev–Trinajstić information content (AvgIpc) is 3.60. The van der Waals surface area contributed by atoms with Crippen LogP contribution in [0.1, 0.15) is 50.7 Å². The number of rotatable bonds is 14. The summed E-state index contributed by atoms with van der Waals surface area (Å²) in [6.07, 6.45) is 2.74. The Hall–Kier alpha value is -5.10. The van der Waals surface area contributed by atoms with Gasteiger partial charge in [0.25, 0.3) is 31.9 Å². The van der Waals surface area contributed by atoms with Crippen molar-refractivity contribution >= 4 is 87.6 Å². The number of ether oxygens (including phenoxy) is 2. The first-order valence-corrected chi connectivity index (χ1v) is 25.0. The van der Waals surface area contributed by atoms with Gasteiger partial charge in [-0.3, -0.25) is 9.59 Å². The first-order chi connectivity index (χ1) is 30.8. The van der Waals surface area contributed by atoms with Crippen molar-refractivity contribution in [1.29, 1.82) is 0 Å². The van der Waals surface area contributed by atoms with Crippen molar-refractivity contribution in [2.45, 2.75) is 39.5 Å². The third-order valence-corrected chi connectivity index (χ3v) is 15.4. The summed E-state index contributed by atoms with van der Waals surface area (Å²) in [5.41, 5.74) is 4.07. The van der Waals surface area contributed by atoms with Crippen LogP contribution >= 0.6 is 23.2 Å². The zero-order chi connectivity index (χ0) is 45.4. The zero-order valence-electron chi connectivity index (χ0n) is 35.8. The van der Waals surface area contributed by atoms with Crippen LogP contribution in [-0.2, 0) is 39.1 Å². The second-order valence-corrected chi connectivity index (χ2v) is 19.9. The zero-order valence-corrected chi connectivity index (χ0v) is 38.9. The number of unbranched alkanes of at least 4 members (excludes halogenated alkanes) is 2. The van der Waals surface area contributed by atoms with E-state index < -0.39 is 31.9 Å². The van der Waals surface area contributed by atoms with Gasteiger partial charge in [0.2, 0.25) is 0 Å². The Morgan fingerprint density at radius 2 is 1.08 bits per heavy atom. The van der Waals surface area contributed by atoms with Crippen LogP contribution < -0.4 is 20.4 Å². The number of carbonyl (C=O) groups is 2. The van der Waals surface area contributed by atoms with Gasteiger partial charge < -0.3 is 29.9 Å². The summed E-state index contributed by atoms with van der Waals surface area (Å²) in [5, 5.41) is 7.05. The molecule has 0 radical (unpaired) electrons. The molecule has 4 aromatic carbocycles. The molecule has 4 aliphatic heterocycles. The summed E-state index contributed by atoms with van der Waals surface area (Å²) in [7, 11) is -7.95. The molecule has 0 aromatic heterocycles. The molecule has 0 bridgehead atoms. The van der Waals surface area contributed by atoms with E-state index in [1.807, 2.05) is 44.2 Å². The fraction of sp³-hybridized carbons (Fsp3) is 0.348. The van der Waals surface area contributed by atoms with Gasteiger partial charge in [-0.1, -0.05) is 92.4 Å². The molecule has 4 aliphatic rings. The quantitative estimate of drug-likeness (QED) is 0.126. The van der Waals surface area contributed by atoms with Gasteiger partial charge in [0.15, 0.2) is 0 Å². The summed E-state index contributed by atoms with van der Waals surface area (Å²) in [6, 6.07) is 28.3. The van der Waals surface area contributed by atoms with E-state index >= 15 is 0 Å². The number of anilines is 4. The minimum atomic E-state index is -3.99. The highest BCUT2D eigenvalue weighted by atomic mass is 35.5. The summed E-state index contributed by atoms with van der Waals surface area (Å²) < 4.78 is 66.0. The lowest BCUT2D eigenvalue weighted by atomic mass is 10.1. The lowest BCUT2D eigenvalue weighted by molar-refractivity contribution is -0.122. The lowest BCUT2D eigenvalue weighted by Gasteiger charge is -2.29. The van der Waals surface area contributed by atoms with Gasteiger partial charge in [-0.05, 0) is 78.6 Å². The Bertz CT molecular complexity index is 2620. The molecule has 2 N–H and O–H groups in total. The number of benzene rings is 4. The van der Waals surface area contributed by atoms with Crippen LogP contribution in [0, 0.1) is 0 Å². The molecule has 14 nitrogen and oxygen atoms in total. The second kappa shape index (κ2) is 20.8. The number of hydrogen-bond donors (Lipinski definition) is 2. The molecular formula is C46H52Cl2N6O8S2. The van der Waals surface area contributed by atoms with Crippen LogP contribution in [0.4, 0.5) is 22.7 Å². The topological polar surface area (TPSA) is 158 Å². The molecule has 4 heterocycles.